The summed E-state index contributed by atoms with van der Waals surface area (Å²) >= 11 is 0. The minimum absolute atomic E-state index is 0.248. The number of nitrogens with zero attached hydrogens (tertiary/aromatic N) is 4. The van der Waals surface area contributed by atoms with E-state index in [9.17, 15) is 9.18 Å². The van der Waals surface area contributed by atoms with Crippen molar-refractivity contribution in [1.29, 1.82) is 0 Å². The lowest BCUT2D eigenvalue weighted by atomic mass is 10.2. The van der Waals surface area contributed by atoms with Crippen LogP contribution < -0.4 is 5.32 Å². The third-order valence-corrected chi connectivity index (χ3v) is 4.24. The van der Waals surface area contributed by atoms with Crippen molar-refractivity contribution in [2.45, 2.75) is 32.2 Å². The second kappa shape index (κ2) is 8.01. The predicted octanol–water partition coefficient (Wildman–Crippen LogP) is 1.90. The lowest BCUT2D eigenvalue weighted by molar-refractivity contribution is -0.130. The van der Waals surface area contributed by atoms with Crippen molar-refractivity contribution in [2.24, 2.45) is 0 Å². The summed E-state index contributed by atoms with van der Waals surface area (Å²) in [5.41, 5.74) is 1.24. The van der Waals surface area contributed by atoms with E-state index >= 15 is 0 Å². The van der Waals surface area contributed by atoms with Crippen molar-refractivity contribution in [3.05, 3.63) is 42.2 Å². The minimum Gasteiger partial charge on any atom is -0.341 e. The van der Waals surface area contributed by atoms with Crippen molar-refractivity contribution >= 4 is 5.91 Å². The van der Waals surface area contributed by atoms with Crippen LogP contribution in [-0.4, -0.2) is 45.2 Å². The zero-order chi connectivity index (χ0) is 16.8. The summed E-state index contributed by atoms with van der Waals surface area (Å²) in [5.74, 6) is -0.0833. The van der Waals surface area contributed by atoms with E-state index in [1.807, 2.05) is 11.0 Å². The van der Waals surface area contributed by atoms with Crippen molar-refractivity contribution in [2.75, 3.05) is 19.6 Å². The Morgan fingerprint density at radius 1 is 1.25 bits per heavy atom. The molecule has 2 heterocycles. The third kappa shape index (κ3) is 4.17. The highest BCUT2D eigenvalue weighted by atomic mass is 19.1. The van der Waals surface area contributed by atoms with E-state index in [4.69, 9.17) is 0 Å². The number of carbonyl (C=O) groups excluding carboxylic acids is 1. The highest BCUT2D eigenvalue weighted by molar-refractivity contribution is 5.76. The van der Waals surface area contributed by atoms with Gasteiger partial charge >= 0.3 is 0 Å². The van der Waals surface area contributed by atoms with Crippen molar-refractivity contribution in [3.63, 3.8) is 0 Å². The molecule has 3 rings (SSSR count). The number of benzene rings is 1. The van der Waals surface area contributed by atoms with E-state index in [0.29, 0.717) is 31.7 Å². The van der Waals surface area contributed by atoms with Crippen LogP contribution >= 0.6 is 0 Å². The van der Waals surface area contributed by atoms with Crippen LogP contribution in [0.1, 0.15) is 31.2 Å². The van der Waals surface area contributed by atoms with Crippen LogP contribution in [-0.2, 0) is 11.3 Å². The topological polar surface area (TPSA) is 63.1 Å². The number of aromatic nitrogens is 3. The van der Waals surface area contributed by atoms with Crippen LogP contribution in [0.2, 0.25) is 0 Å². The van der Waals surface area contributed by atoms with Crippen LogP contribution in [0.3, 0.4) is 0 Å². The van der Waals surface area contributed by atoms with Gasteiger partial charge in [0.15, 0.2) is 0 Å². The van der Waals surface area contributed by atoms with Gasteiger partial charge in [0.2, 0.25) is 5.91 Å². The molecular formula is C17H22FN5O. The summed E-state index contributed by atoms with van der Waals surface area (Å²) in [6.45, 7) is 2.83. The summed E-state index contributed by atoms with van der Waals surface area (Å²) in [6.07, 6.45) is 6.72. The minimum atomic E-state index is -0.331. The molecule has 0 saturated carbocycles. The predicted molar refractivity (Wildman–Crippen MR) is 88.1 cm³/mol. The number of rotatable bonds is 6. The van der Waals surface area contributed by atoms with Crippen LogP contribution in [0.4, 0.5) is 4.39 Å². The molecule has 128 valence electrons. The molecule has 24 heavy (non-hydrogen) atoms. The van der Waals surface area contributed by atoms with Gasteiger partial charge in [-0.05, 0) is 30.5 Å². The molecule has 1 aromatic carbocycles. The van der Waals surface area contributed by atoms with E-state index in [1.54, 1.807) is 6.07 Å². The lowest BCUT2D eigenvalue weighted by Gasteiger charge is -2.20. The van der Waals surface area contributed by atoms with Crippen molar-refractivity contribution in [1.82, 2.24) is 25.0 Å². The average Bonchev–Trinajstić information content (AvgIpc) is 3.02. The second-order valence-electron chi connectivity index (χ2n) is 5.99. The van der Waals surface area contributed by atoms with Gasteiger partial charge in [-0.25, -0.2) is 14.1 Å². The van der Waals surface area contributed by atoms with Gasteiger partial charge in [-0.15, -0.1) is 0 Å². The zero-order valence-corrected chi connectivity index (χ0v) is 13.6. The van der Waals surface area contributed by atoms with Gasteiger partial charge in [-0.2, -0.15) is 5.10 Å². The molecule has 0 spiro atoms. The molecule has 7 heteroatoms. The monoisotopic (exact) mass is 331 g/mol. The van der Waals surface area contributed by atoms with Gasteiger partial charge in [0.25, 0.3) is 0 Å². The normalized spacial score (nSPS) is 15.5. The molecule has 1 N–H and O–H groups in total. The Labute approximate surface area is 140 Å². The summed E-state index contributed by atoms with van der Waals surface area (Å²) in [6, 6.07) is 5.06. The number of nitrogens with one attached hydrogen (secondary N) is 1. The van der Waals surface area contributed by atoms with Gasteiger partial charge in [0.1, 0.15) is 24.2 Å². The highest BCUT2D eigenvalue weighted by Gasteiger charge is 2.15. The molecule has 0 bridgehead atoms. The van der Waals surface area contributed by atoms with Gasteiger partial charge in [-0.1, -0.05) is 12.5 Å². The van der Waals surface area contributed by atoms with Crippen molar-refractivity contribution < 1.29 is 9.18 Å². The van der Waals surface area contributed by atoms with Crippen molar-refractivity contribution in [3.8, 4) is 5.69 Å². The fourth-order valence-electron chi connectivity index (χ4n) is 2.90. The summed E-state index contributed by atoms with van der Waals surface area (Å²) < 4.78 is 15.5. The highest BCUT2D eigenvalue weighted by Crippen LogP contribution is 2.14. The van der Waals surface area contributed by atoms with E-state index in [1.165, 1.54) is 23.4 Å². The van der Waals surface area contributed by atoms with E-state index in [0.717, 1.165) is 31.4 Å². The molecule has 1 fully saturated rings. The first-order valence-corrected chi connectivity index (χ1v) is 8.36. The molecule has 1 saturated heterocycles. The third-order valence-electron chi connectivity index (χ3n) is 4.24. The molecule has 0 radical (unpaired) electrons. The number of halogens is 1. The summed E-state index contributed by atoms with van der Waals surface area (Å²) in [5, 5.41) is 7.21. The van der Waals surface area contributed by atoms with E-state index in [-0.39, 0.29) is 11.7 Å². The van der Waals surface area contributed by atoms with Gasteiger partial charge in [-0.3, -0.25) is 4.79 Å². The second-order valence-corrected chi connectivity index (χ2v) is 5.99. The van der Waals surface area contributed by atoms with E-state index in [2.05, 4.69) is 15.4 Å². The molecule has 2 aromatic rings. The Balaban J connectivity index is 1.48. The first-order valence-electron chi connectivity index (χ1n) is 8.36. The molecule has 0 aliphatic carbocycles. The standard InChI is InChI=1S/C17H22FN5O/c18-15-10-14(5-6-16(15)23-13-20-12-21-23)11-19-7-9-22-8-3-1-2-4-17(22)24/h5-6,10,12-13,19H,1-4,7-9,11H2. The quantitative estimate of drug-likeness (QED) is 0.821. The van der Waals surface area contributed by atoms with Crippen LogP contribution in [0.25, 0.3) is 5.69 Å². The van der Waals surface area contributed by atoms with Gasteiger partial charge in [0.05, 0.1) is 0 Å². The Morgan fingerprint density at radius 3 is 2.96 bits per heavy atom. The summed E-state index contributed by atoms with van der Waals surface area (Å²) in [7, 11) is 0. The van der Waals surface area contributed by atoms with Crippen LogP contribution in [0.5, 0.6) is 0 Å². The fourth-order valence-corrected chi connectivity index (χ4v) is 2.90. The fraction of sp³-hybridized carbons (Fsp3) is 0.471. The smallest absolute Gasteiger partial charge is 0.222 e. The average molecular weight is 331 g/mol. The van der Waals surface area contributed by atoms with Gasteiger partial charge < -0.3 is 10.2 Å². The van der Waals surface area contributed by atoms with Gasteiger partial charge in [0, 0.05) is 32.6 Å². The molecule has 0 unspecified atom stereocenters. The first kappa shape index (κ1) is 16.6. The molecular weight excluding hydrogens is 309 g/mol. The largest absolute Gasteiger partial charge is 0.341 e. The number of carbonyl (C=O) groups is 1. The van der Waals surface area contributed by atoms with Crippen LogP contribution in [0, 0.1) is 5.82 Å². The molecule has 1 aromatic heterocycles. The Hall–Kier alpha value is -2.28. The SMILES string of the molecule is O=C1CCCCCN1CCNCc1ccc(-n2cncn2)c(F)c1. The maximum Gasteiger partial charge on any atom is 0.222 e. The first-order chi connectivity index (χ1) is 11.7. The Morgan fingerprint density at radius 2 is 2.17 bits per heavy atom. The summed E-state index contributed by atoms with van der Waals surface area (Å²) in [4.78, 5) is 17.7. The molecule has 0 atom stereocenters. The number of likely N-dealkylation sites (tertiary alicyclic amines) is 1. The molecule has 6 nitrogen and oxygen atoms in total. The van der Waals surface area contributed by atoms with Crippen LogP contribution in [0.15, 0.2) is 30.9 Å². The maximum absolute atomic E-state index is 14.1. The molecule has 1 amide bonds. The number of hydrogen-bond donors (Lipinski definition) is 1. The lowest BCUT2D eigenvalue weighted by Crippen LogP contribution is -2.36. The van der Waals surface area contributed by atoms with E-state index < -0.39 is 0 Å². The molecule has 1 aliphatic rings. The maximum atomic E-state index is 14.1. The molecule has 1 aliphatic heterocycles. The number of amides is 1. The zero-order valence-electron chi connectivity index (χ0n) is 13.6. The Bertz CT molecular complexity index is 674. The Kier molecular flexibility index (Phi) is 5.53. The number of hydrogen-bond acceptors (Lipinski definition) is 4.